The van der Waals surface area contributed by atoms with Gasteiger partial charge < -0.3 is 0 Å². The standard InChI is InChI=1S/C22H23N/c1-2-3-17-4-8-19(9-5-17)21-12-14-22(15-13-21)20-10-6-18(16-23)7-11-20/h2-3,6-7,10-15,17,19H,4-5,8-9H2,1H3/b3-2+. The van der Waals surface area contributed by atoms with Crippen LogP contribution in [0.5, 0.6) is 0 Å². The number of hydrogen-bond donors (Lipinski definition) is 0. The van der Waals surface area contributed by atoms with E-state index in [9.17, 15) is 0 Å². The van der Waals surface area contributed by atoms with Crippen LogP contribution in [0.15, 0.2) is 60.7 Å². The van der Waals surface area contributed by atoms with Crippen LogP contribution in [0.25, 0.3) is 11.1 Å². The van der Waals surface area contributed by atoms with Crippen molar-refractivity contribution in [2.24, 2.45) is 5.92 Å². The average molecular weight is 301 g/mol. The summed E-state index contributed by atoms with van der Waals surface area (Å²) in [7, 11) is 0. The Labute approximate surface area is 139 Å². The Balaban J connectivity index is 1.69. The first-order chi connectivity index (χ1) is 11.3. The molecular formula is C22H23N. The molecule has 0 atom stereocenters. The number of hydrogen-bond acceptors (Lipinski definition) is 1. The van der Waals surface area contributed by atoms with E-state index in [0.29, 0.717) is 11.5 Å². The molecule has 0 saturated heterocycles. The van der Waals surface area contributed by atoms with Crippen LogP contribution in [0.2, 0.25) is 0 Å². The maximum absolute atomic E-state index is 8.88. The van der Waals surface area contributed by atoms with Crippen LogP contribution in [0.4, 0.5) is 0 Å². The van der Waals surface area contributed by atoms with E-state index in [-0.39, 0.29) is 0 Å². The molecule has 2 aromatic rings. The predicted octanol–water partition coefficient (Wildman–Crippen LogP) is 6.08. The van der Waals surface area contributed by atoms with E-state index in [0.717, 1.165) is 5.92 Å². The van der Waals surface area contributed by atoms with E-state index in [1.165, 1.54) is 42.4 Å². The van der Waals surface area contributed by atoms with Gasteiger partial charge in [-0.1, -0.05) is 48.6 Å². The zero-order valence-electron chi connectivity index (χ0n) is 13.7. The Hall–Kier alpha value is -2.33. The summed E-state index contributed by atoms with van der Waals surface area (Å²) in [6.45, 7) is 2.12. The van der Waals surface area contributed by atoms with Gasteiger partial charge in [-0.05, 0) is 73.3 Å². The summed E-state index contributed by atoms with van der Waals surface area (Å²) < 4.78 is 0. The molecule has 1 aliphatic carbocycles. The van der Waals surface area contributed by atoms with Crippen molar-refractivity contribution >= 4 is 0 Å². The summed E-state index contributed by atoms with van der Waals surface area (Å²) >= 11 is 0. The molecule has 0 spiro atoms. The zero-order valence-corrected chi connectivity index (χ0v) is 13.7. The van der Waals surface area contributed by atoms with Crippen molar-refractivity contribution in [2.45, 2.75) is 38.5 Å². The molecule has 1 aliphatic rings. The van der Waals surface area contributed by atoms with Gasteiger partial charge in [-0.25, -0.2) is 0 Å². The van der Waals surface area contributed by atoms with E-state index in [2.05, 4.69) is 49.4 Å². The van der Waals surface area contributed by atoms with Gasteiger partial charge in [-0.15, -0.1) is 0 Å². The van der Waals surface area contributed by atoms with E-state index < -0.39 is 0 Å². The van der Waals surface area contributed by atoms with Crippen LogP contribution in [0, 0.1) is 17.2 Å². The van der Waals surface area contributed by atoms with E-state index in [1.807, 2.05) is 24.3 Å². The molecule has 23 heavy (non-hydrogen) atoms. The lowest BCUT2D eigenvalue weighted by molar-refractivity contribution is 0.376. The van der Waals surface area contributed by atoms with Crippen molar-refractivity contribution in [3.8, 4) is 17.2 Å². The van der Waals surface area contributed by atoms with Gasteiger partial charge in [0, 0.05) is 0 Å². The lowest BCUT2D eigenvalue weighted by Gasteiger charge is -2.27. The van der Waals surface area contributed by atoms with Crippen molar-refractivity contribution in [3.05, 3.63) is 71.8 Å². The number of nitrogens with zero attached hydrogens (tertiary/aromatic N) is 1. The van der Waals surface area contributed by atoms with Gasteiger partial charge in [0.25, 0.3) is 0 Å². The Morgan fingerprint density at radius 1 is 0.870 bits per heavy atom. The van der Waals surface area contributed by atoms with Gasteiger partial charge in [0.15, 0.2) is 0 Å². The molecule has 2 aromatic carbocycles. The quantitative estimate of drug-likeness (QED) is 0.631. The minimum absolute atomic E-state index is 0.711. The molecule has 0 radical (unpaired) electrons. The van der Waals surface area contributed by atoms with Gasteiger partial charge in [0.1, 0.15) is 0 Å². The highest BCUT2D eigenvalue weighted by molar-refractivity contribution is 5.64. The van der Waals surface area contributed by atoms with Crippen LogP contribution >= 0.6 is 0 Å². The second kappa shape index (κ2) is 7.29. The molecule has 1 nitrogen and oxygen atoms in total. The minimum atomic E-state index is 0.711. The van der Waals surface area contributed by atoms with Gasteiger partial charge in [0.05, 0.1) is 11.6 Å². The molecular weight excluding hydrogens is 278 g/mol. The van der Waals surface area contributed by atoms with Crippen molar-refractivity contribution in [1.82, 2.24) is 0 Å². The highest BCUT2D eigenvalue weighted by Crippen LogP contribution is 2.36. The van der Waals surface area contributed by atoms with Gasteiger partial charge in [-0.2, -0.15) is 5.26 Å². The third-order valence-corrected chi connectivity index (χ3v) is 4.97. The van der Waals surface area contributed by atoms with Crippen LogP contribution < -0.4 is 0 Å². The Morgan fingerprint density at radius 2 is 1.43 bits per heavy atom. The first kappa shape index (κ1) is 15.6. The first-order valence-corrected chi connectivity index (χ1v) is 8.53. The SMILES string of the molecule is C/C=C/C1CCC(c2ccc(-c3ccc(C#N)cc3)cc2)CC1. The van der Waals surface area contributed by atoms with Crippen molar-refractivity contribution in [1.29, 1.82) is 5.26 Å². The summed E-state index contributed by atoms with van der Waals surface area (Å²) in [5.41, 5.74) is 4.58. The Morgan fingerprint density at radius 3 is 1.96 bits per heavy atom. The second-order valence-electron chi connectivity index (χ2n) is 6.45. The van der Waals surface area contributed by atoms with Crippen molar-refractivity contribution < 1.29 is 0 Å². The topological polar surface area (TPSA) is 23.8 Å². The molecule has 1 fully saturated rings. The average Bonchev–Trinajstić information content (AvgIpc) is 2.63. The number of nitriles is 1. The van der Waals surface area contributed by atoms with E-state index in [1.54, 1.807) is 0 Å². The summed E-state index contributed by atoms with van der Waals surface area (Å²) in [6, 6.07) is 19.0. The number of rotatable bonds is 3. The first-order valence-electron chi connectivity index (χ1n) is 8.53. The maximum Gasteiger partial charge on any atom is 0.0991 e. The number of benzene rings is 2. The molecule has 1 heteroatoms. The molecule has 0 amide bonds. The third kappa shape index (κ3) is 3.71. The maximum atomic E-state index is 8.88. The summed E-state index contributed by atoms with van der Waals surface area (Å²) in [6.07, 6.45) is 9.77. The van der Waals surface area contributed by atoms with Crippen molar-refractivity contribution in [3.63, 3.8) is 0 Å². The zero-order chi connectivity index (χ0) is 16.1. The van der Waals surface area contributed by atoms with Gasteiger partial charge in [-0.3, -0.25) is 0 Å². The molecule has 0 unspecified atom stereocenters. The highest BCUT2D eigenvalue weighted by Gasteiger charge is 2.20. The molecule has 1 saturated carbocycles. The van der Waals surface area contributed by atoms with Crippen LogP contribution in [0.1, 0.15) is 49.7 Å². The second-order valence-corrected chi connectivity index (χ2v) is 6.45. The molecule has 0 bridgehead atoms. The van der Waals surface area contributed by atoms with Gasteiger partial charge >= 0.3 is 0 Å². The summed E-state index contributed by atoms with van der Waals surface area (Å²) in [5.74, 6) is 1.50. The van der Waals surface area contributed by atoms with Crippen LogP contribution in [-0.4, -0.2) is 0 Å². The lowest BCUT2D eigenvalue weighted by atomic mass is 9.78. The summed E-state index contributed by atoms with van der Waals surface area (Å²) in [4.78, 5) is 0. The van der Waals surface area contributed by atoms with E-state index >= 15 is 0 Å². The molecule has 3 rings (SSSR count). The third-order valence-electron chi connectivity index (χ3n) is 4.97. The molecule has 0 aromatic heterocycles. The van der Waals surface area contributed by atoms with E-state index in [4.69, 9.17) is 5.26 Å². The smallest absolute Gasteiger partial charge is 0.0991 e. The fourth-order valence-corrected chi connectivity index (χ4v) is 3.60. The fourth-order valence-electron chi connectivity index (χ4n) is 3.60. The molecule has 0 N–H and O–H groups in total. The minimum Gasteiger partial charge on any atom is -0.192 e. The van der Waals surface area contributed by atoms with Crippen LogP contribution in [0.3, 0.4) is 0 Å². The number of allylic oxidation sites excluding steroid dienone is 2. The lowest BCUT2D eigenvalue weighted by Crippen LogP contribution is -2.11. The predicted molar refractivity (Wildman–Crippen MR) is 96.1 cm³/mol. The monoisotopic (exact) mass is 301 g/mol. The van der Waals surface area contributed by atoms with Crippen molar-refractivity contribution in [2.75, 3.05) is 0 Å². The Kier molecular flexibility index (Phi) is 4.93. The molecule has 0 heterocycles. The molecule has 116 valence electrons. The van der Waals surface area contributed by atoms with Crippen LogP contribution in [-0.2, 0) is 0 Å². The Bertz CT molecular complexity index is 693. The highest BCUT2D eigenvalue weighted by atomic mass is 14.3. The summed E-state index contributed by atoms with van der Waals surface area (Å²) in [5, 5.41) is 8.88. The fraction of sp³-hybridized carbons (Fsp3) is 0.318. The normalized spacial score (nSPS) is 21.2. The van der Waals surface area contributed by atoms with Gasteiger partial charge in [0.2, 0.25) is 0 Å². The largest absolute Gasteiger partial charge is 0.192 e. The molecule has 0 aliphatic heterocycles.